The largest absolute Gasteiger partial charge is 0.314 e. The molecule has 4 rings (SSSR count). The second-order valence-electron chi connectivity index (χ2n) is 6.24. The second kappa shape index (κ2) is 6.83. The molecular formula is C17H21BrClN3. The number of piperidine rings is 1. The third-order valence-corrected chi connectivity index (χ3v) is 5.63. The predicted octanol–water partition coefficient (Wildman–Crippen LogP) is 3.60. The van der Waals surface area contributed by atoms with Gasteiger partial charge in [-0.05, 0) is 49.5 Å². The number of likely N-dealkylation sites (tertiary alicyclic amines) is 1. The Balaban J connectivity index is 0.00000144. The summed E-state index contributed by atoms with van der Waals surface area (Å²) in [5, 5.41) is 4.85. The molecule has 2 aromatic rings. The molecule has 1 aromatic carbocycles. The van der Waals surface area contributed by atoms with E-state index in [9.17, 15) is 0 Å². The highest BCUT2D eigenvalue weighted by Gasteiger charge is 2.32. The molecule has 2 aliphatic rings. The number of nitrogens with zero attached hydrogens (tertiary/aromatic N) is 2. The third-order valence-electron chi connectivity index (χ3n) is 4.93. The van der Waals surface area contributed by atoms with Crippen molar-refractivity contribution >= 4 is 39.2 Å². The van der Waals surface area contributed by atoms with Gasteiger partial charge in [-0.25, -0.2) is 0 Å². The molecule has 3 heterocycles. The molecule has 2 aliphatic heterocycles. The van der Waals surface area contributed by atoms with Gasteiger partial charge in [-0.2, -0.15) is 0 Å². The summed E-state index contributed by atoms with van der Waals surface area (Å²) in [4.78, 5) is 7.21. The van der Waals surface area contributed by atoms with Gasteiger partial charge in [-0.3, -0.25) is 9.88 Å². The Morgan fingerprint density at radius 1 is 1.27 bits per heavy atom. The molecule has 2 atom stereocenters. The predicted molar refractivity (Wildman–Crippen MR) is 96.5 cm³/mol. The highest BCUT2D eigenvalue weighted by atomic mass is 79.9. The summed E-state index contributed by atoms with van der Waals surface area (Å²) in [5.74, 6) is 0.841. The summed E-state index contributed by atoms with van der Waals surface area (Å²) in [5.41, 5.74) is 2.48. The van der Waals surface area contributed by atoms with Crippen LogP contribution in [0.15, 0.2) is 34.9 Å². The van der Waals surface area contributed by atoms with Crippen molar-refractivity contribution in [3.8, 4) is 0 Å². The molecular weight excluding hydrogens is 362 g/mol. The first-order valence-electron chi connectivity index (χ1n) is 7.79. The van der Waals surface area contributed by atoms with E-state index in [1.54, 1.807) is 0 Å². The molecule has 1 N–H and O–H groups in total. The zero-order chi connectivity index (χ0) is 14.2. The highest BCUT2D eigenvalue weighted by molar-refractivity contribution is 9.10. The van der Waals surface area contributed by atoms with Gasteiger partial charge in [-0.15, -0.1) is 12.4 Å². The second-order valence-corrected chi connectivity index (χ2v) is 7.09. The number of aromatic nitrogens is 1. The molecule has 2 unspecified atom stereocenters. The van der Waals surface area contributed by atoms with Crippen molar-refractivity contribution in [2.75, 3.05) is 19.6 Å². The molecule has 0 amide bonds. The number of nitrogens with one attached hydrogen (secondary N) is 1. The summed E-state index contributed by atoms with van der Waals surface area (Å²) in [7, 11) is 0. The molecule has 2 saturated heterocycles. The van der Waals surface area contributed by atoms with E-state index in [0.717, 1.165) is 28.5 Å². The zero-order valence-corrected chi connectivity index (χ0v) is 14.9. The molecule has 0 aliphatic carbocycles. The molecule has 0 saturated carbocycles. The summed E-state index contributed by atoms with van der Waals surface area (Å²) in [6.45, 7) is 4.64. The zero-order valence-electron chi connectivity index (χ0n) is 12.5. The Kier molecular flexibility index (Phi) is 5.03. The van der Waals surface area contributed by atoms with E-state index in [1.807, 2.05) is 12.3 Å². The van der Waals surface area contributed by atoms with Crippen LogP contribution in [0.5, 0.6) is 0 Å². The van der Waals surface area contributed by atoms with Crippen LogP contribution in [0.4, 0.5) is 0 Å². The molecule has 1 aromatic heterocycles. The van der Waals surface area contributed by atoms with Crippen molar-refractivity contribution in [2.24, 2.45) is 5.92 Å². The van der Waals surface area contributed by atoms with Gasteiger partial charge in [0.25, 0.3) is 0 Å². The van der Waals surface area contributed by atoms with Gasteiger partial charge in [0.2, 0.25) is 0 Å². The van der Waals surface area contributed by atoms with Gasteiger partial charge in [0.15, 0.2) is 0 Å². The van der Waals surface area contributed by atoms with E-state index in [0.29, 0.717) is 0 Å². The average Bonchev–Trinajstić information content (AvgIpc) is 2.98. The summed E-state index contributed by atoms with van der Waals surface area (Å²) >= 11 is 3.63. The van der Waals surface area contributed by atoms with Gasteiger partial charge in [0.1, 0.15) is 0 Å². The van der Waals surface area contributed by atoms with Gasteiger partial charge in [0, 0.05) is 35.2 Å². The Morgan fingerprint density at radius 3 is 3.09 bits per heavy atom. The van der Waals surface area contributed by atoms with Crippen molar-refractivity contribution < 1.29 is 0 Å². The Hall–Kier alpha value is -0.680. The number of pyridine rings is 1. The molecule has 2 fully saturated rings. The first-order valence-corrected chi connectivity index (χ1v) is 8.58. The lowest BCUT2D eigenvalue weighted by Gasteiger charge is -2.35. The minimum atomic E-state index is 0. The van der Waals surface area contributed by atoms with E-state index in [1.165, 1.54) is 43.4 Å². The molecule has 3 nitrogen and oxygen atoms in total. The van der Waals surface area contributed by atoms with Crippen molar-refractivity contribution in [3.63, 3.8) is 0 Å². The van der Waals surface area contributed by atoms with Crippen LogP contribution in [0.25, 0.3) is 10.9 Å². The van der Waals surface area contributed by atoms with E-state index in [2.05, 4.69) is 49.3 Å². The van der Waals surface area contributed by atoms with Crippen LogP contribution in [-0.2, 0) is 6.54 Å². The molecule has 0 radical (unpaired) electrons. The number of rotatable bonds is 2. The number of benzene rings is 1. The first-order chi connectivity index (χ1) is 10.3. The maximum absolute atomic E-state index is 4.60. The van der Waals surface area contributed by atoms with Crippen LogP contribution in [-0.4, -0.2) is 35.6 Å². The number of hydrogen-bond acceptors (Lipinski definition) is 3. The van der Waals surface area contributed by atoms with Gasteiger partial charge >= 0.3 is 0 Å². The lowest BCUT2D eigenvalue weighted by atomic mass is 9.93. The molecule has 0 spiro atoms. The van der Waals surface area contributed by atoms with Crippen LogP contribution in [0.3, 0.4) is 0 Å². The van der Waals surface area contributed by atoms with E-state index in [-0.39, 0.29) is 12.4 Å². The number of hydrogen-bond donors (Lipinski definition) is 1. The molecule has 5 heteroatoms. The minimum Gasteiger partial charge on any atom is -0.314 e. The SMILES string of the molecule is Brc1ccc(CN2CCC3NCCC3C2)c2ncccc12.Cl. The van der Waals surface area contributed by atoms with E-state index < -0.39 is 0 Å². The van der Waals surface area contributed by atoms with Gasteiger partial charge in [0.05, 0.1) is 5.52 Å². The fourth-order valence-corrected chi connectivity index (χ4v) is 4.28. The standard InChI is InChI=1S/C17H20BrN3.ClH/c18-15-4-3-13(17-14(15)2-1-7-20-17)11-21-9-6-16-12(10-21)5-8-19-16;/h1-4,7,12,16,19H,5-6,8-11H2;1H. The Labute approximate surface area is 146 Å². The normalized spacial score (nSPS) is 25.0. The topological polar surface area (TPSA) is 28.2 Å². The Bertz CT molecular complexity index is 663. The summed E-state index contributed by atoms with van der Waals surface area (Å²) in [6.07, 6.45) is 4.51. The molecule has 22 heavy (non-hydrogen) atoms. The monoisotopic (exact) mass is 381 g/mol. The third kappa shape index (κ3) is 3.02. The van der Waals surface area contributed by atoms with Crippen LogP contribution in [0.1, 0.15) is 18.4 Å². The van der Waals surface area contributed by atoms with Gasteiger partial charge < -0.3 is 5.32 Å². The van der Waals surface area contributed by atoms with E-state index in [4.69, 9.17) is 0 Å². The molecule has 118 valence electrons. The van der Waals surface area contributed by atoms with Gasteiger partial charge in [-0.1, -0.05) is 28.1 Å². The van der Waals surface area contributed by atoms with Crippen LogP contribution < -0.4 is 5.32 Å². The Morgan fingerprint density at radius 2 is 2.18 bits per heavy atom. The maximum Gasteiger partial charge on any atom is 0.0758 e. The van der Waals surface area contributed by atoms with Crippen molar-refractivity contribution in [1.29, 1.82) is 0 Å². The minimum absolute atomic E-state index is 0. The van der Waals surface area contributed by atoms with Crippen molar-refractivity contribution in [1.82, 2.24) is 15.2 Å². The van der Waals surface area contributed by atoms with Crippen LogP contribution in [0, 0.1) is 5.92 Å². The van der Waals surface area contributed by atoms with Crippen LogP contribution in [0.2, 0.25) is 0 Å². The van der Waals surface area contributed by atoms with Crippen molar-refractivity contribution in [3.05, 3.63) is 40.5 Å². The lowest BCUT2D eigenvalue weighted by Crippen LogP contribution is -2.43. The average molecular weight is 383 g/mol. The number of fused-ring (bicyclic) bond motifs is 2. The quantitative estimate of drug-likeness (QED) is 0.860. The fraction of sp³-hybridized carbons (Fsp3) is 0.471. The highest BCUT2D eigenvalue weighted by Crippen LogP contribution is 2.29. The smallest absolute Gasteiger partial charge is 0.0758 e. The van der Waals surface area contributed by atoms with E-state index >= 15 is 0 Å². The fourth-order valence-electron chi connectivity index (χ4n) is 3.83. The lowest BCUT2D eigenvalue weighted by molar-refractivity contribution is 0.156. The first kappa shape index (κ1) is 16.2. The summed E-state index contributed by atoms with van der Waals surface area (Å²) < 4.78 is 1.13. The van der Waals surface area contributed by atoms with Crippen LogP contribution >= 0.6 is 28.3 Å². The summed E-state index contributed by atoms with van der Waals surface area (Å²) in [6, 6.07) is 9.29. The van der Waals surface area contributed by atoms with Crippen molar-refractivity contribution in [2.45, 2.75) is 25.4 Å². The maximum atomic E-state index is 4.60. The molecule has 0 bridgehead atoms. The number of halogens is 2.